The van der Waals surface area contributed by atoms with Crippen molar-refractivity contribution >= 4 is 18.2 Å². The van der Waals surface area contributed by atoms with Crippen LogP contribution in [0.2, 0.25) is 0 Å². The number of aldehydes is 1. The molecule has 0 saturated carbocycles. The number of aliphatic carboxylic acids is 1. The summed E-state index contributed by atoms with van der Waals surface area (Å²) in [4.78, 5) is 33.7. The summed E-state index contributed by atoms with van der Waals surface area (Å²) >= 11 is 0. The molecule has 2 N–H and O–H groups in total. The average Bonchev–Trinajstić information content (AvgIpc) is 2.58. The van der Waals surface area contributed by atoms with Crippen LogP contribution in [0.5, 0.6) is 5.75 Å². The molecular formula is C17H15NO5. The van der Waals surface area contributed by atoms with Crippen molar-refractivity contribution in [1.82, 2.24) is 5.32 Å². The molecule has 0 heterocycles. The predicted octanol–water partition coefficient (Wildman–Crippen LogP) is 1.82. The highest BCUT2D eigenvalue weighted by molar-refractivity contribution is 5.85. The fraction of sp³-hybridized carbons (Fsp3) is 0.118. The number of amides is 1. The molecule has 0 bridgehead atoms. The van der Waals surface area contributed by atoms with Gasteiger partial charge in [0.25, 0.3) is 5.91 Å². The van der Waals surface area contributed by atoms with Crippen LogP contribution in [0.25, 0.3) is 0 Å². The van der Waals surface area contributed by atoms with E-state index in [0.29, 0.717) is 23.2 Å². The number of hydrogen-bond donors (Lipinski definition) is 2. The van der Waals surface area contributed by atoms with Gasteiger partial charge in [-0.05, 0) is 29.8 Å². The lowest BCUT2D eigenvalue weighted by Crippen LogP contribution is -2.36. The largest absolute Gasteiger partial charge is 0.484 e. The summed E-state index contributed by atoms with van der Waals surface area (Å²) < 4.78 is 5.26. The number of benzene rings is 2. The molecule has 1 amide bonds. The molecule has 1 unspecified atom stereocenters. The molecule has 1 atom stereocenters. The van der Waals surface area contributed by atoms with Crippen LogP contribution in [-0.2, 0) is 9.59 Å². The Morgan fingerprint density at radius 2 is 1.74 bits per heavy atom. The van der Waals surface area contributed by atoms with Crippen LogP contribution in [-0.4, -0.2) is 29.9 Å². The normalized spacial score (nSPS) is 11.3. The minimum Gasteiger partial charge on any atom is -0.484 e. The molecule has 2 aromatic rings. The van der Waals surface area contributed by atoms with E-state index >= 15 is 0 Å². The number of carboxylic acid groups (broad SMARTS) is 1. The van der Waals surface area contributed by atoms with Gasteiger partial charge in [-0.2, -0.15) is 0 Å². The molecule has 0 aliphatic rings. The van der Waals surface area contributed by atoms with E-state index < -0.39 is 17.9 Å². The molecule has 0 radical (unpaired) electrons. The third-order valence-electron chi connectivity index (χ3n) is 3.07. The van der Waals surface area contributed by atoms with Crippen molar-refractivity contribution < 1.29 is 24.2 Å². The Kier molecular flexibility index (Phi) is 5.46. The number of carbonyl (C=O) groups is 3. The standard InChI is InChI=1S/C17H15NO5/c19-10-12-6-8-14(9-7-12)23-11-15(20)18-16(17(21)22)13-4-2-1-3-5-13/h1-10,16H,11H2,(H,18,20)(H,21,22). The van der Waals surface area contributed by atoms with E-state index in [0.717, 1.165) is 0 Å². The van der Waals surface area contributed by atoms with Crippen molar-refractivity contribution in [2.75, 3.05) is 6.61 Å². The Bertz CT molecular complexity index is 682. The highest BCUT2D eigenvalue weighted by atomic mass is 16.5. The number of hydrogen-bond acceptors (Lipinski definition) is 4. The van der Waals surface area contributed by atoms with Crippen molar-refractivity contribution in [3.05, 3.63) is 65.7 Å². The monoisotopic (exact) mass is 313 g/mol. The van der Waals surface area contributed by atoms with Gasteiger partial charge in [0.1, 0.15) is 12.0 Å². The minimum atomic E-state index is -1.15. The highest BCUT2D eigenvalue weighted by Gasteiger charge is 2.21. The molecule has 6 heteroatoms. The van der Waals surface area contributed by atoms with Crippen LogP contribution in [0.3, 0.4) is 0 Å². The number of carboxylic acids is 1. The molecule has 2 rings (SSSR count). The fourth-order valence-corrected chi connectivity index (χ4v) is 1.93. The second-order valence-corrected chi connectivity index (χ2v) is 4.73. The molecule has 118 valence electrons. The zero-order chi connectivity index (χ0) is 16.7. The van der Waals surface area contributed by atoms with Crippen LogP contribution in [0.1, 0.15) is 22.0 Å². The summed E-state index contributed by atoms with van der Waals surface area (Å²) in [6.45, 7) is -0.322. The first-order chi connectivity index (χ1) is 11.1. The lowest BCUT2D eigenvalue weighted by molar-refractivity contribution is -0.142. The summed E-state index contributed by atoms with van der Waals surface area (Å²) in [6, 6.07) is 13.5. The second-order valence-electron chi connectivity index (χ2n) is 4.73. The van der Waals surface area contributed by atoms with Crippen molar-refractivity contribution in [2.24, 2.45) is 0 Å². The van der Waals surface area contributed by atoms with Crippen LogP contribution in [0, 0.1) is 0 Å². The van der Waals surface area contributed by atoms with Gasteiger partial charge in [0.2, 0.25) is 0 Å². The van der Waals surface area contributed by atoms with Gasteiger partial charge in [-0.15, -0.1) is 0 Å². The first kappa shape index (κ1) is 16.2. The fourth-order valence-electron chi connectivity index (χ4n) is 1.93. The number of carbonyl (C=O) groups excluding carboxylic acids is 2. The van der Waals surface area contributed by atoms with E-state index in [1.54, 1.807) is 54.6 Å². The van der Waals surface area contributed by atoms with Crippen molar-refractivity contribution in [3.63, 3.8) is 0 Å². The summed E-state index contributed by atoms with van der Waals surface area (Å²) in [6.07, 6.45) is 0.702. The van der Waals surface area contributed by atoms with Gasteiger partial charge in [-0.1, -0.05) is 30.3 Å². The molecule has 23 heavy (non-hydrogen) atoms. The van der Waals surface area contributed by atoms with Gasteiger partial charge < -0.3 is 15.2 Å². The maximum absolute atomic E-state index is 11.9. The molecule has 0 aliphatic heterocycles. The summed E-state index contributed by atoms with van der Waals surface area (Å²) in [7, 11) is 0. The third-order valence-corrected chi connectivity index (χ3v) is 3.07. The maximum Gasteiger partial charge on any atom is 0.330 e. The maximum atomic E-state index is 11.9. The summed E-state index contributed by atoms with van der Waals surface area (Å²) in [5, 5.41) is 11.6. The minimum absolute atomic E-state index is 0.322. The van der Waals surface area contributed by atoms with Crippen molar-refractivity contribution in [1.29, 1.82) is 0 Å². The quantitative estimate of drug-likeness (QED) is 0.761. The molecule has 2 aromatic carbocycles. The van der Waals surface area contributed by atoms with Gasteiger partial charge in [-0.25, -0.2) is 4.79 Å². The predicted molar refractivity (Wildman–Crippen MR) is 82.3 cm³/mol. The molecule has 0 spiro atoms. The second kappa shape index (κ2) is 7.74. The Hall–Kier alpha value is -3.15. The Labute approximate surface area is 132 Å². The molecule has 0 aromatic heterocycles. The molecule has 0 saturated heterocycles. The van der Waals surface area contributed by atoms with Crippen LogP contribution in [0.15, 0.2) is 54.6 Å². The third kappa shape index (κ3) is 4.67. The molecule has 6 nitrogen and oxygen atoms in total. The average molecular weight is 313 g/mol. The first-order valence-electron chi connectivity index (χ1n) is 6.85. The lowest BCUT2D eigenvalue weighted by Gasteiger charge is -2.15. The molecule has 0 fully saturated rings. The zero-order valence-electron chi connectivity index (χ0n) is 12.1. The van der Waals surface area contributed by atoms with E-state index in [-0.39, 0.29) is 6.61 Å². The van der Waals surface area contributed by atoms with E-state index in [2.05, 4.69) is 5.32 Å². The van der Waals surface area contributed by atoms with E-state index in [4.69, 9.17) is 4.74 Å². The van der Waals surface area contributed by atoms with E-state index in [1.807, 2.05) is 0 Å². The van der Waals surface area contributed by atoms with E-state index in [1.165, 1.54) is 0 Å². The highest BCUT2D eigenvalue weighted by Crippen LogP contribution is 2.13. The topological polar surface area (TPSA) is 92.7 Å². The van der Waals surface area contributed by atoms with Crippen LogP contribution < -0.4 is 10.1 Å². The zero-order valence-corrected chi connectivity index (χ0v) is 12.1. The summed E-state index contributed by atoms with van der Waals surface area (Å²) in [5.74, 6) is -1.29. The van der Waals surface area contributed by atoms with Crippen LogP contribution in [0.4, 0.5) is 0 Å². The summed E-state index contributed by atoms with van der Waals surface area (Å²) in [5.41, 5.74) is 0.973. The molecule has 0 aliphatic carbocycles. The Balaban J connectivity index is 1.94. The van der Waals surface area contributed by atoms with E-state index in [9.17, 15) is 19.5 Å². The van der Waals surface area contributed by atoms with Gasteiger partial charge in [0, 0.05) is 5.56 Å². The molecular weight excluding hydrogens is 298 g/mol. The van der Waals surface area contributed by atoms with Crippen molar-refractivity contribution in [2.45, 2.75) is 6.04 Å². The SMILES string of the molecule is O=Cc1ccc(OCC(=O)NC(C(=O)O)c2ccccc2)cc1. The van der Waals surface area contributed by atoms with Gasteiger partial charge in [-0.3, -0.25) is 9.59 Å². The van der Waals surface area contributed by atoms with Gasteiger partial charge in [0.15, 0.2) is 12.6 Å². The smallest absolute Gasteiger partial charge is 0.330 e. The number of rotatable bonds is 7. The number of nitrogens with one attached hydrogen (secondary N) is 1. The van der Waals surface area contributed by atoms with Gasteiger partial charge >= 0.3 is 5.97 Å². The lowest BCUT2D eigenvalue weighted by atomic mass is 10.1. The Morgan fingerprint density at radius 1 is 1.09 bits per heavy atom. The van der Waals surface area contributed by atoms with Crippen LogP contribution >= 0.6 is 0 Å². The van der Waals surface area contributed by atoms with Crippen molar-refractivity contribution in [3.8, 4) is 5.75 Å². The first-order valence-corrected chi connectivity index (χ1v) is 6.85. The number of ether oxygens (including phenoxy) is 1. The van der Waals surface area contributed by atoms with Gasteiger partial charge in [0.05, 0.1) is 0 Å². The Morgan fingerprint density at radius 3 is 2.30 bits per heavy atom.